The molecular formula is C9H12N2O2. The molecule has 1 aliphatic heterocycles. The van der Waals surface area contributed by atoms with Gasteiger partial charge in [0.05, 0.1) is 6.20 Å². The summed E-state index contributed by atoms with van der Waals surface area (Å²) in [5, 5.41) is 8.86. The number of nitrogens with zero attached hydrogens (tertiary/aromatic N) is 2. The Morgan fingerprint density at radius 1 is 1.77 bits per heavy atom. The van der Waals surface area contributed by atoms with Crippen LogP contribution in [0.3, 0.4) is 0 Å². The maximum atomic E-state index is 10.8. The Hall–Kier alpha value is -1.32. The van der Waals surface area contributed by atoms with E-state index < -0.39 is 5.97 Å². The van der Waals surface area contributed by atoms with Gasteiger partial charge in [0.1, 0.15) is 11.5 Å². The molecule has 0 aliphatic carbocycles. The van der Waals surface area contributed by atoms with Gasteiger partial charge in [-0.2, -0.15) is 0 Å². The van der Waals surface area contributed by atoms with Crippen LogP contribution in [0.25, 0.3) is 0 Å². The number of hydrogen-bond acceptors (Lipinski definition) is 2. The summed E-state index contributed by atoms with van der Waals surface area (Å²) < 4.78 is 1.82. The van der Waals surface area contributed by atoms with Gasteiger partial charge in [-0.1, -0.05) is 6.92 Å². The number of rotatable bonds is 1. The van der Waals surface area contributed by atoms with E-state index in [9.17, 15) is 4.79 Å². The van der Waals surface area contributed by atoms with Crippen LogP contribution in [0.4, 0.5) is 0 Å². The van der Waals surface area contributed by atoms with Crippen molar-refractivity contribution >= 4 is 5.97 Å². The molecule has 1 aromatic heterocycles. The average molecular weight is 180 g/mol. The molecule has 0 aromatic carbocycles. The summed E-state index contributed by atoms with van der Waals surface area (Å²) in [6.07, 6.45) is 3.61. The number of fused-ring (bicyclic) bond motifs is 1. The molecule has 1 unspecified atom stereocenters. The number of carboxylic acid groups (broad SMARTS) is 1. The Balaban J connectivity index is 2.47. The third kappa shape index (κ3) is 1.22. The van der Waals surface area contributed by atoms with Crippen LogP contribution < -0.4 is 0 Å². The summed E-state index contributed by atoms with van der Waals surface area (Å²) in [6.45, 7) is 2.88. The van der Waals surface area contributed by atoms with Gasteiger partial charge in [-0.05, 0) is 12.8 Å². The smallest absolute Gasteiger partial charge is 0.354 e. The molecule has 1 aliphatic rings. The van der Waals surface area contributed by atoms with E-state index >= 15 is 0 Å². The van der Waals surface area contributed by atoms with Gasteiger partial charge in [0.25, 0.3) is 0 Å². The van der Waals surface area contributed by atoms with E-state index in [-0.39, 0.29) is 0 Å². The van der Waals surface area contributed by atoms with Gasteiger partial charge < -0.3 is 9.67 Å². The predicted octanol–water partition coefficient (Wildman–Crippen LogP) is 1.48. The lowest BCUT2D eigenvalue weighted by Gasteiger charge is -2.20. The maximum absolute atomic E-state index is 10.8. The predicted molar refractivity (Wildman–Crippen MR) is 46.8 cm³/mol. The summed E-state index contributed by atoms with van der Waals surface area (Å²) in [6, 6.07) is 0. The molecule has 1 N–H and O–H groups in total. The molecule has 2 rings (SSSR count). The van der Waals surface area contributed by atoms with Crippen LogP contribution in [0.5, 0.6) is 0 Å². The second-order valence-corrected chi connectivity index (χ2v) is 3.50. The first-order valence-corrected chi connectivity index (χ1v) is 4.49. The van der Waals surface area contributed by atoms with Crippen molar-refractivity contribution in [3.05, 3.63) is 17.7 Å². The van der Waals surface area contributed by atoms with E-state index in [0.717, 1.165) is 25.2 Å². The monoisotopic (exact) mass is 180 g/mol. The van der Waals surface area contributed by atoms with Gasteiger partial charge in [0, 0.05) is 12.5 Å². The number of hydrogen-bond donors (Lipinski definition) is 1. The van der Waals surface area contributed by atoms with Crippen LogP contribution in [0.2, 0.25) is 0 Å². The zero-order chi connectivity index (χ0) is 9.42. The fraction of sp³-hybridized carbons (Fsp3) is 0.556. The van der Waals surface area contributed by atoms with Crippen molar-refractivity contribution in [2.45, 2.75) is 32.2 Å². The Morgan fingerprint density at radius 3 is 3.23 bits per heavy atom. The Labute approximate surface area is 76.2 Å². The number of aromatic nitrogens is 2. The first-order chi connectivity index (χ1) is 6.20. The first-order valence-electron chi connectivity index (χ1n) is 4.49. The third-order valence-electron chi connectivity index (χ3n) is 2.57. The minimum absolute atomic E-state index is 0.321. The summed E-state index contributed by atoms with van der Waals surface area (Å²) in [5.74, 6) is 0.429. The SMILES string of the molecule is CC1CCCn2c(C(=O)O)cnc21. The molecule has 0 saturated heterocycles. The van der Waals surface area contributed by atoms with Crippen molar-refractivity contribution in [1.82, 2.24) is 9.55 Å². The highest BCUT2D eigenvalue weighted by molar-refractivity contribution is 5.85. The third-order valence-corrected chi connectivity index (χ3v) is 2.57. The average Bonchev–Trinajstić information content (AvgIpc) is 2.48. The van der Waals surface area contributed by atoms with E-state index in [0.29, 0.717) is 11.6 Å². The Morgan fingerprint density at radius 2 is 2.54 bits per heavy atom. The fourth-order valence-corrected chi connectivity index (χ4v) is 1.87. The van der Waals surface area contributed by atoms with Crippen LogP contribution in [-0.2, 0) is 6.54 Å². The minimum Gasteiger partial charge on any atom is -0.477 e. The van der Waals surface area contributed by atoms with E-state index in [4.69, 9.17) is 5.11 Å². The zero-order valence-electron chi connectivity index (χ0n) is 7.53. The molecule has 13 heavy (non-hydrogen) atoms. The standard InChI is InChI=1S/C9H12N2O2/c1-6-3-2-4-11-7(9(12)13)5-10-8(6)11/h5-6H,2-4H2,1H3,(H,12,13). The molecule has 2 heterocycles. The van der Waals surface area contributed by atoms with Gasteiger partial charge in [-0.3, -0.25) is 0 Å². The molecule has 0 radical (unpaired) electrons. The van der Waals surface area contributed by atoms with E-state index in [2.05, 4.69) is 11.9 Å². The lowest BCUT2D eigenvalue weighted by atomic mass is 10.0. The molecule has 0 fully saturated rings. The van der Waals surface area contributed by atoms with Gasteiger partial charge >= 0.3 is 5.97 Å². The molecule has 70 valence electrons. The number of aromatic carboxylic acids is 1. The Kier molecular flexibility index (Phi) is 1.83. The molecule has 0 bridgehead atoms. The van der Waals surface area contributed by atoms with Crippen molar-refractivity contribution in [2.75, 3.05) is 0 Å². The summed E-state index contributed by atoms with van der Waals surface area (Å²) >= 11 is 0. The summed E-state index contributed by atoms with van der Waals surface area (Å²) in [7, 11) is 0. The molecule has 4 nitrogen and oxygen atoms in total. The minimum atomic E-state index is -0.882. The van der Waals surface area contributed by atoms with E-state index in [1.54, 1.807) is 0 Å². The molecule has 0 saturated carbocycles. The molecular weight excluding hydrogens is 168 g/mol. The van der Waals surface area contributed by atoms with Crippen molar-refractivity contribution in [1.29, 1.82) is 0 Å². The van der Waals surface area contributed by atoms with Crippen LogP contribution in [0, 0.1) is 0 Å². The molecule has 1 atom stereocenters. The lowest BCUT2D eigenvalue weighted by molar-refractivity contribution is 0.0683. The van der Waals surface area contributed by atoms with Crippen LogP contribution in [0.15, 0.2) is 6.20 Å². The van der Waals surface area contributed by atoms with Crippen molar-refractivity contribution in [3.8, 4) is 0 Å². The molecule has 4 heteroatoms. The van der Waals surface area contributed by atoms with Gasteiger partial charge in [-0.15, -0.1) is 0 Å². The number of carboxylic acids is 1. The number of imidazole rings is 1. The lowest BCUT2D eigenvalue weighted by Crippen LogP contribution is -2.17. The van der Waals surface area contributed by atoms with Crippen LogP contribution >= 0.6 is 0 Å². The van der Waals surface area contributed by atoms with Gasteiger partial charge in [0.2, 0.25) is 0 Å². The van der Waals surface area contributed by atoms with Crippen LogP contribution in [-0.4, -0.2) is 20.6 Å². The second-order valence-electron chi connectivity index (χ2n) is 3.50. The van der Waals surface area contributed by atoms with Crippen LogP contribution in [0.1, 0.15) is 42.0 Å². The molecule has 0 spiro atoms. The number of carbonyl (C=O) groups is 1. The largest absolute Gasteiger partial charge is 0.477 e. The highest BCUT2D eigenvalue weighted by Crippen LogP contribution is 2.26. The molecule has 0 amide bonds. The maximum Gasteiger partial charge on any atom is 0.354 e. The van der Waals surface area contributed by atoms with Crippen molar-refractivity contribution < 1.29 is 9.90 Å². The van der Waals surface area contributed by atoms with Crippen molar-refractivity contribution in [2.24, 2.45) is 0 Å². The summed E-state index contributed by atoms with van der Waals surface area (Å²) in [5.41, 5.74) is 0.321. The first kappa shape index (κ1) is 8.29. The van der Waals surface area contributed by atoms with Crippen molar-refractivity contribution in [3.63, 3.8) is 0 Å². The summed E-state index contributed by atoms with van der Waals surface area (Å²) in [4.78, 5) is 14.9. The Bertz CT molecular complexity index is 343. The highest BCUT2D eigenvalue weighted by atomic mass is 16.4. The van der Waals surface area contributed by atoms with E-state index in [1.807, 2.05) is 4.57 Å². The topological polar surface area (TPSA) is 55.1 Å². The second kappa shape index (κ2) is 2.87. The quantitative estimate of drug-likeness (QED) is 0.712. The normalized spacial score (nSPS) is 21.2. The van der Waals surface area contributed by atoms with Gasteiger partial charge in [-0.25, -0.2) is 9.78 Å². The molecule has 1 aromatic rings. The highest BCUT2D eigenvalue weighted by Gasteiger charge is 2.22. The zero-order valence-corrected chi connectivity index (χ0v) is 7.53. The fourth-order valence-electron chi connectivity index (χ4n) is 1.87. The van der Waals surface area contributed by atoms with E-state index in [1.165, 1.54) is 6.20 Å². The van der Waals surface area contributed by atoms with Gasteiger partial charge in [0.15, 0.2) is 0 Å².